The molecule has 0 radical (unpaired) electrons. The molecule has 0 aliphatic heterocycles. The van der Waals surface area contributed by atoms with E-state index in [-0.39, 0.29) is 0 Å². The lowest BCUT2D eigenvalue weighted by Crippen LogP contribution is -2.05. The van der Waals surface area contributed by atoms with Crippen molar-refractivity contribution in [1.82, 2.24) is 9.97 Å². The first-order valence-corrected chi connectivity index (χ1v) is 6.02. The van der Waals surface area contributed by atoms with Gasteiger partial charge in [0.15, 0.2) is 0 Å². The third kappa shape index (κ3) is 2.63. The van der Waals surface area contributed by atoms with E-state index in [1.165, 1.54) is 6.33 Å². The van der Waals surface area contributed by atoms with E-state index in [1.54, 1.807) is 12.1 Å². The number of hydrogen-bond donors (Lipinski definition) is 2. The van der Waals surface area contributed by atoms with Gasteiger partial charge < -0.3 is 11.1 Å². The quantitative estimate of drug-likeness (QED) is 0.877. The molecule has 96 valence electrons. The van der Waals surface area contributed by atoms with Gasteiger partial charge in [0.1, 0.15) is 18.0 Å². The van der Waals surface area contributed by atoms with Crippen LogP contribution < -0.4 is 11.1 Å². The van der Waals surface area contributed by atoms with E-state index in [9.17, 15) is 0 Å². The Morgan fingerprint density at radius 2 is 2.16 bits per heavy atom. The smallest absolute Gasteiger partial charge is 0.139 e. The van der Waals surface area contributed by atoms with Crippen LogP contribution in [0.1, 0.15) is 23.6 Å². The van der Waals surface area contributed by atoms with Gasteiger partial charge in [-0.25, -0.2) is 9.97 Å². The largest absolute Gasteiger partial charge is 0.383 e. The summed E-state index contributed by atoms with van der Waals surface area (Å²) < 4.78 is 0. The van der Waals surface area contributed by atoms with Gasteiger partial charge >= 0.3 is 0 Å². The molecule has 0 spiro atoms. The molecule has 0 atom stereocenters. The van der Waals surface area contributed by atoms with E-state index < -0.39 is 0 Å². The summed E-state index contributed by atoms with van der Waals surface area (Å²) in [5.74, 6) is 1.17. The Balaban J connectivity index is 2.42. The van der Waals surface area contributed by atoms with Gasteiger partial charge in [-0.05, 0) is 31.0 Å². The van der Waals surface area contributed by atoms with Crippen LogP contribution in [-0.2, 0) is 6.42 Å². The molecule has 0 saturated heterocycles. The second-order valence-electron chi connectivity index (χ2n) is 4.21. The molecule has 1 aromatic heterocycles. The Morgan fingerprint density at radius 1 is 1.37 bits per heavy atom. The van der Waals surface area contributed by atoms with Crippen LogP contribution in [0.5, 0.6) is 0 Å². The maximum Gasteiger partial charge on any atom is 0.139 e. The van der Waals surface area contributed by atoms with Gasteiger partial charge in [0.2, 0.25) is 0 Å². The number of nitriles is 1. The summed E-state index contributed by atoms with van der Waals surface area (Å²) in [5.41, 5.74) is 9.21. The second kappa shape index (κ2) is 5.36. The lowest BCUT2D eigenvalue weighted by atomic mass is 10.1. The molecule has 5 nitrogen and oxygen atoms in total. The Kier molecular flexibility index (Phi) is 3.62. The van der Waals surface area contributed by atoms with Crippen LogP contribution in [0.25, 0.3) is 0 Å². The van der Waals surface area contributed by atoms with Crippen LogP contribution in [0.3, 0.4) is 0 Å². The number of rotatable bonds is 3. The summed E-state index contributed by atoms with van der Waals surface area (Å²) in [6.07, 6.45) is 2.17. The Labute approximate surface area is 112 Å². The summed E-state index contributed by atoms with van der Waals surface area (Å²) in [5, 5.41) is 12.2. The van der Waals surface area contributed by atoms with E-state index in [0.29, 0.717) is 17.2 Å². The molecule has 1 aromatic carbocycles. The molecule has 0 aliphatic carbocycles. The van der Waals surface area contributed by atoms with Crippen molar-refractivity contribution < 1.29 is 0 Å². The first-order valence-electron chi connectivity index (χ1n) is 6.02. The highest BCUT2D eigenvalue weighted by Crippen LogP contribution is 2.25. The maximum atomic E-state index is 8.94. The van der Waals surface area contributed by atoms with Crippen LogP contribution in [0, 0.1) is 18.3 Å². The number of nitrogen functional groups attached to an aromatic ring is 1. The van der Waals surface area contributed by atoms with Gasteiger partial charge in [0.25, 0.3) is 0 Å². The first kappa shape index (κ1) is 12.8. The average molecular weight is 253 g/mol. The minimum Gasteiger partial charge on any atom is -0.383 e. The van der Waals surface area contributed by atoms with Crippen molar-refractivity contribution in [2.24, 2.45) is 0 Å². The molecule has 2 rings (SSSR count). The number of anilines is 3. The highest BCUT2D eigenvalue weighted by molar-refractivity contribution is 5.67. The number of aryl methyl sites for hydroxylation is 1. The van der Waals surface area contributed by atoms with E-state index in [1.807, 2.05) is 19.9 Å². The highest BCUT2D eigenvalue weighted by atomic mass is 15.0. The molecule has 3 N–H and O–H groups in total. The van der Waals surface area contributed by atoms with Crippen LogP contribution in [0.15, 0.2) is 24.5 Å². The monoisotopic (exact) mass is 253 g/mol. The van der Waals surface area contributed by atoms with Gasteiger partial charge in [0, 0.05) is 11.3 Å². The molecule has 0 saturated carbocycles. The lowest BCUT2D eigenvalue weighted by Gasteiger charge is -2.13. The first-order chi connectivity index (χ1) is 9.15. The van der Waals surface area contributed by atoms with Crippen molar-refractivity contribution in [1.29, 1.82) is 5.26 Å². The molecule has 0 fully saturated rings. The fourth-order valence-electron chi connectivity index (χ4n) is 1.84. The third-order valence-corrected chi connectivity index (χ3v) is 2.95. The molecule has 0 aliphatic rings. The minimum absolute atomic E-state index is 0.481. The molecule has 19 heavy (non-hydrogen) atoms. The standard InChI is InChI=1S/C14H15N5/c1-3-11-13(16)17-8-18-14(11)19-12-6-10(7-15)5-4-9(12)2/h4-6,8H,3H2,1-2H3,(H3,16,17,18,19). The Hall–Kier alpha value is -2.61. The highest BCUT2D eigenvalue weighted by Gasteiger charge is 2.09. The number of nitrogens with two attached hydrogens (primary N) is 1. The minimum atomic E-state index is 0.481. The van der Waals surface area contributed by atoms with Crippen molar-refractivity contribution in [2.45, 2.75) is 20.3 Å². The molecule has 2 aromatic rings. The number of benzene rings is 1. The zero-order chi connectivity index (χ0) is 13.8. The molecule has 0 unspecified atom stereocenters. The lowest BCUT2D eigenvalue weighted by molar-refractivity contribution is 1.06. The maximum absolute atomic E-state index is 8.94. The predicted molar refractivity (Wildman–Crippen MR) is 75.0 cm³/mol. The van der Waals surface area contributed by atoms with Crippen molar-refractivity contribution in [3.8, 4) is 6.07 Å². The number of aromatic nitrogens is 2. The number of hydrogen-bond acceptors (Lipinski definition) is 5. The summed E-state index contributed by atoms with van der Waals surface area (Å²) in [4.78, 5) is 8.20. The second-order valence-corrected chi connectivity index (χ2v) is 4.21. The van der Waals surface area contributed by atoms with Crippen LogP contribution >= 0.6 is 0 Å². The zero-order valence-electron chi connectivity index (χ0n) is 10.9. The van der Waals surface area contributed by atoms with Crippen LogP contribution in [0.4, 0.5) is 17.3 Å². The van der Waals surface area contributed by atoms with Gasteiger partial charge in [-0.15, -0.1) is 0 Å². The third-order valence-electron chi connectivity index (χ3n) is 2.95. The molecule has 0 bridgehead atoms. The summed E-state index contributed by atoms with van der Waals surface area (Å²) in [6.45, 7) is 3.97. The van der Waals surface area contributed by atoms with E-state index in [2.05, 4.69) is 21.4 Å². The van der Waals surface area contributed by atoms with Crippen LogP contribution in [0.2, 0.25) is 0 Å². The number of nitrogens with zero attached hydrogens (tertiary/aromatic N) is 3. The van der Waals surface area contributed by atoms with Crippen molar-refractivity contribution >= 4 is 17.3 Å². The summed E-state index contributed by atoms with van der Waals surface area (Å²) in [6, 6.07) is 7.61. The Morgan fingerprint density at radius 3 is 2.84 bits per heavy atom. The van der Waals surface area contributed by atoms with Crippen LogP contribution in [-0.4, -0.2) is 9.97 Å². The van der Waals surface area contributed by atoms with E-state index in [0.717, 1.165) is 23.2 Å². The van der Waals surface area contributed by atoms with Gasteiger partial charge in [-0.2, -0.15) is 5.26 Å². The molecule has 0 amide bonds. The van der Waals surface area contributed by atoms with Gasteiger partial charge in [-0.1, -0.05) is 13.0 Å². The predicted octanol–water partition coefficient (Wildman–Crippen LogP) is 2.54. The molecular weight excluding hydrogens is 238 g/mol. The van der Waals surface area contributed by atoms with Gasteiger partial charge in [0.05, 0.1) is 11.6 Å². The van der Waals surface area contributed by atoms with Crippen molar-refractivity contribution in [3.05, 3.63) is 41.2 Å². The molecule has 5 heteroatoms. The Bertz CT molecular complexity index is 643. The number of nitrogens with one attached hydrogen (secondary N) is 1. The molecular formula is C14H15N5. The van der Waals surface area contributed by atoms with Gasteiger partial charge in [-0.3, -0.25) is 0 Å². The summed E-state index contributed by atoms with van der Waals surface area (Å²) >= 11 is 0. The zero-order valence-corrected chi connectivity index (χ0v) is 10.9. The van der Waals surface area contributed by atoms with E-state index in [4.69, 9.17) is 11.0 Å². The van der Waals surface area contributed by atoms with Crippen molar-refractivity contribution in [2.75, 3.05) is 11.1 Å². The normalized spacial score (nSPS) is 9.95. The molecule has 1 heterocycles. The SMILES string of the molecule is CCc1c(N)ncnc1Nc1cc(C#N)ccc1C. The fourth-order valence-corrected chi connectivity index (χ4v) is 1.84. The van der Waals surface area contributed by atoms with Crippen molar-refractivity contribution in [3.63, 3.8) is 0 Å². The topological polar surface area (TPSA) is 87.6 Å². The summed E-state index contributed by atoms with van der Waals surface area (Å²) in [7, 11) is 0. The fraction of sp³-hybridized carbons (Fsp3) is 0.214. The average Bonchev–Trinajstić information content (AvgIpc) is 2.41. The van der Waals surface area contributed by atoms with E-state index >= 15 is 0 Å².